The lowest BCUT2D eigenvalue weighted by Gasteiger charge is -2.12. The predicted molar refractivity (Wildman–Crippen MR) is 66.5 cm³/mol. The number of nitrogens with zero attached hydrogens (tertiary/aromatic N) is 1. The highest BCUT2D eigenvalue weighted by molar-refractivity contribution is 7.91. The van der Waals surface area contributed by atoms with Gasteiger partial charge >= 0.3 is 0 Å². The molecule has 1 fully saturated rings. The van der Waals surface area contributed by atoms with Gasteiger partial charge in [0, 0.05) is 17.5 Å². The standard InChI is InChI=1S/C10H16N2O3S2/c1-12-5-4-8(6-12)11-17(14,15)10-3-2-9(7-13)16-10/h2-3,8,11,13H,4-7H2,1H3. The van der Waals surface area contributed by atoms with E-state index in [9.17, 15) is 8.42 Å². The number of aliphatic hydroxyl groups is 1. The van der Waals surface area contributed by atoms with Crippen LogP contribution < -0.4 is 4.72 Å². The molecule has 0 saturated carbocycles. The average Bonchev–Trinajstić information content (AvgIpc) is 2.86. The van der Waals surface area contributed by atoms with Crippen molar-refractivity contribution in [1.82, 2.24) is 9.62 Å². The van der Waals surface area contributed by atoms with Gasteiger partial charge in [-0.15, -0.1) is 11.3 Å². The average molecular weight is 276 g/mol. The fourth-order valence-corrected chi connectivity index (χ4v) is 4.39. The van der Waals surface area contributed by atoms with Crippen molar-refractivity contribution in [2.24, 2.45) is 0 Å². The first-order valence-electron chi connectivity index (χ1n) is 5.42. The molecule has 1 aliphatic rings. The molecule has 0 aliphatic carbocycles. The van der Waals surface area contributed by atoms with Gasteiger partial charge in [0.25, 0.3) is 0 Å². The molecule has 2 rings (SSSR count). The van der Waals surface area contributed by atoms with E-state index in [1.807, 2.05) is 7.05 Å². The van der Waals surface area contributed by atoms with Gasteiger partial charge in [-0.2, -0.15) is 0 Å². The maximum absolute atomic E-state index is 12.0. The molecule has 5 nitrogen and oxygen atoms in total. The lowest BCUT2D eigenvalue weighted by Crippen LogP contribution is -2.36. The van der Waals surface area contributed by atoms with Gasteiger partial charge in [0.1, 0.15) is 4.21 Å². The zero-order valence-electron chi connectivity index (χ0n) is 9.59. The summed E-state index contributed by atoms with van der Waals surface area (Å²) in [4.78, 5) is 2.76. The van der Waals surface area contributed by atoms with E-state index in [0.29, 0.717) is 4.88 Å². The van der Waals surface area contributed by atoms with Crippen LogP contribution in [-0.2, 0) is 16.6 Å². The first kappa shape index (κ1) is 13.0. The van der Waals surface area contributed by atoms with Gasteiger partial charge < -0.3 is 10.0 Å². The second-order valence-electron chi connectivity index (χ2n) is 4.25. The lowest BCUT2D eigenvalue weighted by molar-refractivity contribution is 0.285. The molecule has 0 amide bonds. The Morgan fingerprint density at radius 1 is 1.59 bits per heavy atom. The molecule has 0 radical (unpaired) electrons. The van der Waals surface area contributed by atoms with Gasteiger partial charge in [0.2, 0.25) is 10.0 Å². The summed E-state index contributed by atoms with van der Waals surface area (Å²) in [5, 5.41) is 8.92. The maximum atomic E-state index is 12.0. The number of hydrogen-bond acceptors (Lipinski definition) is 5. The Bertz CT molecular complexity index is 483. The topological polar surface area (TPSA) is 69.6 Å². The van der Waals surface area contributed by atoms with Crippen LogP contribution in [-0.4, -0.2) is 44.6 Å². The molecule has 1 aromatic heterocycles. The summed E-state index contributed by atoms with van der Waals surface area (Å²) in [6.45, 7) is 1.54. The summed E-state index contributed by atoms with van der Waals surface area (Å²) in [6, 6.07) is 3.17. The van der Waals surface area contributed by atoms with Gasteiger partial charge in [0.05, 0.1) is 6.61 Å². The van der Waals surface area contributed by atoms with Crippen LogP contribution >= 0.6 is 11.3 Å². The molecule has 2 N–H and O–H groups in total. The number of nitrogens with one attached hydrogen (secondary N) is 1. The van der Waals surface area contributed by atoms with Gasteiger partial charge in [-0.3, -0.25) is 0 Å². The number of sulfonamides is 1. The molecule has 1 unspecified atom stereocenters. The van der Waals surface area contributed by atoms with Crippen LogP contribution in [0, 0.1) is 0 Å². The highest BCUT2D eigenvalue weighted by atomic mass is 32.2. The molecule has 96 valence electrons. The summed E-state index contributed by atoms with van der Waals surface area (Å²) < 4.78 is 27.0. The highest BCUT2D eigenvalue weighted by Gasteiger charge is 2.26. The number of aliphatic hydroxyl groups excluding tert-OH is 1. The van der Waals surface area contributed by atoms with Crippen molar-refractivity contribution in [2.45, 2.75) is 23.3 Å². The van der Waals surface area contributed by atoms with Gasteiger partial charge in [-0.1, -0.05) is 0 Å². The predicted octanol–water partition coefficient (Wildman–Crippen LogP) is 0.223. The molecular formula is C10H16N2O3S2. The minimum atomic E-state index is -3.43. The lowest BCUT2D eigenvalue weighted by atomic mass is 10.3. The monoisotopic (exact) mass is 276 g/mol. The van der Waals surface area contributed by atoms with E-state index in [-0.39, 0.29) is 16.9 Å². The van der Waals surface area contributed by atoms with E-state index in [4.69, 9.17) is 5.11 Å². The molecule has 17 heavy (non-hydrogen) atoms. The molecular weight excluding hydrogens is 260 g/mol. The fourth-order valence-electron chi connectivity index (χ4n) is 1.90. The second kappa shape index (κ2) is 5.03. The van der Waals surface area contributed by atoms with E-state index in [1.165, 1.54) is 6.07 Å². The molecule has 0 spiro atoms. The maximum Gasteiger partial charge on any atom is 0.250 e. The molecule has 1 atom stereocenters. The number of likely N-dealkylation sites (tertiary alicyclic amines) is 1. The molecule has 0 bridgehead atoms. The van der Waals surface area contributed by atoms with Crippen LogP contribution in [0.1, 0.15) is 11.3 Å². The Morgan fingerprint density at radius 3 is 2.88 bits per heavy atom. The Morgan fingerprint density at radius 2 is 2.35 bits per heavy atom. The second-order valence-corrected chi connectivity index (χ2v) is 7.36. The van der Waals surface area contributed by atoms with Crippen LogP contribution in [0.25, 0.3) is 0 Å². The minimum Gasteiger partial charge on any atom is -0.391 e. The highest BCUT2D eigenvalue weighted by Crippen LogP contribution is 2.22. The quantitative estimate of drug-likeness (QED) is 0.825. The third kappa shape index (κ3) is 3.05. The van der Waals surface area contributed by atoms with Crippen LogP contribution in [0.4, 0.5) is 0 Å². The number of hydrogen-bond donors (Lipinski definition) is 2. The summed E-state index contributed by atoms with van der Waals surface area (Å²) in [6.07, 6.45) is 0.841. The Hall–Kier alpha value is -0.470. The van der Waals surface area contributed by atoms with Crippen molar-refractivity contribution in [3.8, 4) is 0 Å². The van der Waals surface area contributed by atoms with Gasteiger partial charge in [0.15, 0.2) is 0 Å². The molecule has 2 heterocycles. The summed E-state index contributed by atoms with van der Waals surface area (Å²) in [5.41, 5.74) is 0. The van der Waals surface area contributed by atoms with E-state index in [1.54, 1.807) is 6.07 Å². The van der Waals surface area contributed by atoms with Crippen molar-refractivity contribution in [2.75, 3.05) is 20.1 Å². The fraction of sp³-hybridized carbons (Fsp3) is 0.600. The number of thiophene rings is 1. The summed E-state index contributed by atoms with van der Waals surface area (Å²) >= 11 is 1.11. The number of likely N-dealkylation sites (N-methyl/N-ethyl adjacent to an activating group) is 1. The molecule has 7 heteroatoms. The largest absolute Gasteiger partial charge is 0.391 e. The molecule has 1 aromatic rings. The van der Waals surface area contributed by atoms with Crippen LogP contribution in [0.15, 0.2) is 16.3 Å². The van der Waals surface area contributed by atoms with Crippen LogP contribution in [0.2, 0.25) is 0 Å². The summed E-state index contributed by atoms with van der Waals surface area (Å²) in [7, 11) is -1.45. The SMILES string of the molecule is CN1CCC(NS(=O)(=O)c2ccc(CO)s2)C1. The van der Waals surface area contributed by atoms with Crippen molar-refractivity contribution < 1.29 is 13.5 Å². The zero-order valence-corrected chi connectivity index (χ0v) is 11.2. The molecule has 0 aromatic carbocycles. The number of rotatable bonds is 4. The Balaban J connectivity index is 2.08. The van der Waals surface area contributed by atoms with E-state index >= 15 is 0 Å². The third-order valence-corrected chi connectivity index (χ3v) is 5.85. The van der Waals surface area contributed by atoms with Crippen molar-refractivity contribution in [3.05, 3.63) is 17.0 Å². The zero-order chi connectivity index (χ0) is 12.5. The van der Waals surface area contributed by atoms with E-state index in [0.717, 1.165) is 30.8 Å². The normalized spacial score (nSPS) is 22.1. The first-order chi connectivity index (χ1) is 8.01. The smallest absolute Gasteiger partial charge is 0.250 e. The van der Waals surface area contributed by atoms with E-state index in [2.05, 4.69) is 9.62 Å². The van der Waals surface area contributed by atoms with Crippen molar-refractivity contribution in [3.63, 3.8) is 0 Å². The van der Waals surface area contributed by atoms with Crippen molar-refractivity contribution in [1.29, 1.82) is 0 Å². The molecule has 1 saturated heterocycles. The Labute approximate surface area is 105 Å². The van der Waals surface area contributed by atoms with E-state index < -0.39 is 10.0 Å². The van der Waals surface area contributed by atoms with Crippen LogP contribution in [0.3, 0.4) is 0 Å². The van der Waals surface area contributed by atoms with Crippen LogP contribution in [0.5, 0.6) is 0 Å². The first-order valence-corrected chi connectivity index (χ1v) is 7.71. The van der Waals surface area contributed by atoms with Gasteiger partial charge in [-0.05, 0) is 32.1 Å². The Kier molecular flexibility index (Phi) is 3.84. The third-order valence-electron chi connectivity index (χ3n) is 2.77. The van der Waals surface area contributed by atoms with Gasteiger partial charge in [-0.25, -0.2) is 13.1 Å². The summed E-state index contributed by atoms with van der Waals surface area (Å²) in [5.74, 6) is 0. The minimum absolute atomic E-state index is 0.00956. The molecule has 1 aliphatic heterocycles. The van der Waals surface area contributed by atoms with Crippen molar-refractivity contribution >= 4 is 21.4 Å².